The van der Waals surface area contributed by atoms with Gasteiger partial charge < -0.3 is 9.88 Å². The van der Waals surface area contributed by atoms with Crippen LogP contribution in [-0.4, -0.2) is 27.3 Å². The number of hydrogen-bond donors (Lipinski definition) is 1. The van der Waals surface area contributed by atoms with E-state index in [1.807, 2.05) is 36.1 Å². The summed E-state index contributed by atoms with van der Waals surface area (Å²) in [6.07, 6.45) is 4.65. The summed E-state index contributed by atoms with van der Waals surface area (Å²) in [6.45, 7) is 4.86. The van der Waals surface area contributed by atoms with Gasteiger partial charge in [-0.3, -0.25) is 4.79 Å². The molecule has 1 aliphatic rings. The van der Waals surface area contributed by atoms with Crippen LogP contribution in [0.5, 0.6) is 0 Å². The van der Waals surface area contributed by atoms with Crippen LogP contribution in [0, 0.1) is 5.92 Å². The lowest BCUT2D eigenvalue weighted by Crippen LogP contribution is -2.34. The lowest BCUT2D eigenvalue weighted by Gasteiger charge is -2.26. The second-order valence-electron chi connectivity index (χ2n) is 6.16. The first kappa shape index (κ1) is 16.1. The summed E-state index contributed by atoms with van der Waals surface area (Å²) in [7, 11) is 0. The molecule has 1 amide bonds. The summed E-state index contributed by atoms with van der Waals surface area (Å²) < 4.78 is 0. The van der Waals surface area contributed by atoms with Gasteiger partial charge in [0.1, 0.15) is 5.82 Å². The third-order valence-corrected chi connectivity index (χ3v) is 4.97. The zero-order valence-electron chi connectivity index (χ0n) is 13.6. The number of likely N-dealkylation sites (tertiary alicyclic amines) is 1. The fourth-order valence-corrected chi connectivity index (χ4v) is 3.33. The number of rotatable bonds is 4. The Morgan fingerprint density at radius 1 is 1.48 bits per heavy atom. The molecule has 0 radical (unpaired) electrons. The van der Waals surface area contributed by atoms with E-state index >= 15 is 0 Å². The van der Waals surface area contributed by atoms with Crippen LogP contribution in [0.15, 0.2) is 30.5 Å². The van der Waals surface area contributed by atoms with Gasteiger partial charge >= 0.3 is 0 Å². The molecule has 0 aliphatic carbocycles. The van der Waals surface area contributed by atoms with E-state index in [4.69, 9.17) is 11.6 Å². The zero-order chi connectivity index (χ0) is 16.4. The molecule has 1 aliphatic heterocycles. The standard InChI is InChI=1S/C18H22ClN3O/c1-3-12(2)18(23)22-10-6-9-16(22)17-20-11-15(21-17)13-7-4-5-8-14(13)19/h4-5,7-8,11-12,16H,3,6,9-10H2,1-2H3,(H,20,21)/t12-,16+/m0/s1. The first-order valence-electron chi connectivity index (χ1n) is 8.22. The van der Waals surface area contributed by atoms with Crippen molar-refractivity contribution in [3.63, 3.8) is 0 Å². The van der Waals surface area contributed by atoms with Gasteiger partial charge in [0, 0.05) is 23.0 Å². The fourth-order valence-electron chi connectivity index (χ4n) is 3.09. The van der Waals surface area contributed by atoms with E-state index in [1.54, 1.807) is 6.20 Å². The van der Waals surface area contributed by atoms with E-state index < -0.39 is 0 Å². The molecule has 2 heterocycles. The number of carbonyl (C=O) groups excluding carboxylic acids is 1. The number of nitrogens with zero attached hydrogens (tertiary/aromatic N) is 2. The van der Waals surface area contributed by atoms with E-state index in [-0.39, 0.29) is 17.9 Å². The second kappa shape index (κ2) is 6.75. The summed E-state index contributed by atoms with van der Waals surface area (Å²) in [5, 5.41) is 0.696. The van der Waals surface area contributed by atoms with Crippen LogP contribution in [0.25, 0.3) is 11.3 Å². The first-order chi connectivity index (χ1) is 11.1. The maximum Gasteiger partial charge on any atom is 0.226 e. The summed E-state index contributed by atoms with van der Waals surface area (Å²) in [5.41, 5.74) is 1.83. The lowest BCUT2D eigenvalue weighted by molar-refractivity contribution is -0.136. The number of carbonyl (C=O) groups is 1. The Bertz CT molecular complexity index is 697. The molecule has 1 fully saturated rings. The Morgan fingerprint density at radius 3 is 3.00 bits per heavy atom. The van der Waals surface area contributed by atoms with Gasteiger partial charge in [-0.05, 0) is 25.3 Å². The molecule has 1 aromatic heterocycles. The van der Waals surface area contributed by atoms with Gasteiger partial charge in [-0.1, -0.05) is 43.6 Å². The van der Waals surface area contributed by atoms with Gasteiger partial charge in [-0.25, -0.2) is 4.98 Å². The van der Waals surface area contributed by atoms with Crippen LogP contribution < -0.4 is 0 Å². The molecule has 0 unspecified atom stereocenters. The molecule has 1 saturated heterocycles. The molecular weight excluding hydrogens is 310 g/mol. The van der Waals surface area contributed by atoms with Crippen molar-refractivity contribution in [2.75, 3.05) is 6.54 Å². The zero-order valence-corrected chi connectivity index (χ0v) is 14.3. The van der Waals surface area contributed by atoms with Gasteiger partial charge in [0.2, 0.25) is 5.91 Å². The Hall–Kier alpha value is -1.81. The molecule has 122 valence electrons. The van der Waals surface area contributed by atoms with Crippen LogP contribution in [0.3, 0.4) is 0 Å². The summed E-state index contributed by atoms with van der Waals surface area (Å²) in [6, 6.07) is 7.75. The highest BCUT2D eigenvalue weighted by molar-refractivity contribution is 6.33. The molecule has 0 spiro atoms. The number of aromatic amines is 1. The van der Waals surface area contributed by atoms with Gasteiger partial charge in [-0.2, -0.15) is 0 Å². The molecule has 2 atom stereocenters. The molecule has 4 nitrogen and oxygen atoms in total. The van der Waals surface area contributed by atoms with Crippen LogP contribution in [-0.2, 0) is 4.79 Å². The average molecular weight is 332 g/mol. The molecule has 5 heteroatoms. The van der Waals surface area contributed by atoms with E-state index in [0.29, 0.717) is 5.02 Å². The lowest BCUT2D eigenvalue weighted by atomic mass is 10.1. The number of H-pyrrole nitrogens is 1. The summed E-state index contributed by atoms with van der Waals surface area (Å²) in [4.78, 5) is 22.4. The number of hydrogen-bond acceptors (Lipinski definition) is 2. The number of aromatic nitrogens is 2. The van der Waals surface area contributed by atoms with Crippen molar-refractivity contribution in [1.82, 2.24) is 14.9 Å². The third-order valence-electron chi connectivity index (χ3n) is 4.64. The van der Waals surface area contributed by atoms with Crippen LogP contribution in [0.2, 0.25) is 5.02 Å². The normalized spacial score (nSPS) is 19.1. The maximum absolute atomic E-state index is 12.6. The van der Waals surface area contributed by atoms with Crippen molar-refractivity contribution in [1.29, 1.82) is 0 Å². The average Bonchev–Trinajstić information content (AvgIpc) is 3.22. The minimum atomic E-state index is 0.0488. The van der Waals surface area contributed by atoms with Crippen molar-refractivity contribution in [3.8, 4) is 11.3 Å². The van der Waals surface area contributed by atoms with Gasteiger partial charge in [0.05, 0.1) is 17.9 Å². The van der Waals surface area contributed by atoms with Crippen molar-refractivity contribution in [3.05, 3.63) is 41.3 Å². The number of amides is 1. The van der Waals surface area contributed by atoms with Crippen LogP contribution in [0.1, 0.15) is 45.0 Å². The van der Waals surface area contributed by atoms with E-state index in [1.165, 1.54) is 0 Å². The number of nitrogens with one attached hydrogen (secondary N) is 1. The van der Waals surface area contributed by atoms with Gasteiger partial charge in [0.15, 0.2) is 0 Å². The molecule has 3 rings (SSSR count). The smallest absolute Gasteiger partial charge is 0.226 e. The molecular formula is C18H22ClN3O. The molecule has 0 bridgehead atoms. The quantitative estimate of drug-likeness (QED) is 0.900. The largest absolute Gasteiger partial charge is 0.340 e. The van der Waals surface area contributed by atoms with E-state index in [0.717, 1.165) is 42.9 Å². The predicted molar refractivity (Wildman–Crippen MR) is 92.2 cm³/mol. The number of benzene rings is 1. The highest BCUT2D eigenvalue weighted by Crippen LogP contribution is 2.34. The van der Waals surface area contributed by atoms with Gasteiger partial charge in [0.25, 0.3) is 0 Å². The first-order valence-corrected chi connectivity index (χ1v) is 8.60. The molecule has 23 heavy (non-hydrogen) atoms. The Labute approximate surface area is 141 Å². The minimum absolute atomic E-state index is 0.0488. The van der Waals surface area contributed by atoms with Crippen molar-refractivity contribution < 1.29 is 4.79 Å². The topological polar surface area (TPSA) is 49.0 Å². The Morgan fingerprint density at radius 2 is 2.26 bits per heavy atom. The SMILES string of the molecule is CC[C@H](C)C(=O)N1CCC[C@@H]1c1ncc(-c2ccccc2Cl)[nH]1. The van der Waals surface area contributed by atoms with Crippen LogP contribution in [0.4, 0.5) is 0 Å². The van der Waals surface area contributed by atoms with E-state index in [2.05, 4.69) is 16.9 Å². The fraction of sp³-hybridized carbons (Fsp3) is 0.444. The predicted octanol–water partition coefficient (Wildman–Crippen LogP) is 4.44. The number of imidazole rings is 1. The Kier molecular flexibility index (Phi) is 4.71. The molecule has 0 saturated carbocycles. The maximum atomic E-state index is 12.6. The molecule has 1 N–H and O–H groups in total. The highest BCUT2D eigenvalue weighted by atomic mass is 35.5. The third kappa shape index (κ3) is 3.13. The highest BCUT2D eigenvalue weighted by Gasteiger charge is 2.33. The van der Waals surface area contributed by atoms with Gasteiger partial charge in [-0.15, -0.1) is 0 Å². The summed E-state index contributed by atoms with van der Waals surface area (Å²) >= 11 is 6.25. The minimum Gasteiger partial charge on any atom is -0.340 e. The summed E-state index contributed by atoms with van der Waals surface area (Å²) in [5.74, 6) is 1.15. The van der Waals surface area contributed by atoms with Crippen molar-refractivity contribution in [2.24, 2.45) is 5.92 Å². The number of halogens is 1. The van der Waals surface area contributed by atoms with Crippen LogP contribution >= 0.6 is 11.6 Å². The van der Waals surface area contributed by atoms with Crippen molar-refractivity contribution in [2.45, 2.75) is 39.2 Å². The molecule has 1 aromatic carbocycles. The monoisotopic (exact) mass is 331 g/mol. The van der Waals surface area contributed by atoms with Crippen molar-refractivity contribution >= 4 is 17.5 Å². The Balaban J connectivity index is 1.85. The molecule has 2 aromatic rings. The van der Waals surface area contributed by atoms with E-state index in [9.17, 15) is 4.79 Å². The second-order valence-corrected chi connectivity index (χ2v) is 6.57.